The first-order chi connectivity index (χ1) is 13.1. The zero-order valence-electron chi connectivity index (χ0n) is 13.8. The van der Waals surface area contributed by atoms with Crippen molar-refractivity contribution in [1.82, 2.24) is 14.9 Å². The Hall–Kier alpha value is -1.42. The largest absolute Gasteiger partial charge is 0.293 e. The van der Waals surface area contributed by atoms with Crippen molar-refractivity contribution in [3.05, 3.63) is 68.6 Å². The average Bonchev–Trinajstić information content (AvgIpc) is 3.09. The van der Waals surface area contributed by atoms with Gasteiger partial charge in [-0.15, -0.1) is 10.2 Å². The molecule has 2 heterocycles. The highest BCUT2D eigenvalue weighted by molar-refractivity contribution is 9.10. The molecule has 136 valence electrons. The van der Waals surface area contributed by atoms with Crippen molar-refractivity contribution < 1.29 is 4.79 Å². The van der Waals surface area contributed by atoms with Crippen LogP contribution in [0.5, 0.6) is 0 Å². The summed E-state index contributed by atoms with van der Waals surface area (Å²) in [6.07, 6.45) is 0. The first-order valence-electron chi connectivity index (χ1n) is 7.94. The molecule has 0 unspecified atom stereocenters. The highest BCUT2D eigenvalue weighted by atomic mass is 79.9. The number of Topliss-reactive ketones (excluding diaryl/α,β-unsaturated/α-hetero) is 1. The maximum absolute atomic E-state index is 12.4. The number of nitrogens with zero attached hydrogens (tertiary/aromatic N) is 4. The van der Waals surface area contributed by atoms with E-state index in [9.17, 15) is 4.79 Å². The number of carbonyl (C=O) groups is 1. The van der Waals surface area contributed by atoms with E-state index in [1.807, 2.05) is 48.5 Å². The van der Waals surface area contributed by atoms with Gasteiger partial charge in [-0.05, 0) is 29.8 Å². The molecule has 0 amide bonds. The smallest absolute Gasteiger partial charge is 0.213 e. The van der Waals surface area contributed by atoms with E-state index < -0.39 is 0 Å². The lowest BCUT2D eigenvalue weighted by Crippen LogP contribution is -2.14. The number of ketones is 1. The average molecular weight is 524 g/mol. The van der Waals surface area contributed by atoms with Crippen LogP contribution in [0.3, 0.4) is 0 Å². The minimum absolute atomic E-state index is 0.0467. The zero-order chi connectivity index (χ0) is 18.8. The highest BCUT2D eigenvalue weighted by Crippen LogP contribution is 2.28. The number of hydrogen-bond acceptors (Lipinski definition) is 6. The summed E-state index contributed by atoms with van der Waals surface area (Å²) in [4.78, 5) is 12.4. The standard InChI is InChI=1S/C18H12Br2N4OS2/c19-13-5-1-11(2-6-13)15-9-26-17-21-22-18(24(17)23-15)27-10-16(25)12-3-7-14(20)8-4-12/h1-8H,9-10H2. The van der Waals surface area contributed by atoms with Gasteiger partial charge in [-0.25, -0.2) is 0 Å². The van der Waals surface area contributed by atoms with Gasteiger partial charge in [0.2, 0.25) is 10.3 Å². The van der Waals surface area contributed by atoms with Gasteiger partial charge >= 0.3 is 0 Å². The minimum Gasteiger partial charge on any atom is -0.293 e. The molecule has 5 nitrogen and oxygen atoms in total. The number of aromatic nitrogens is 3. The molecule has 3 aromatic rings. The number of benzene rings is 2. The summed E-state index contributed by atoms with van der Waals surface area (Å²) in [5, 5.41) is 14.5. The predicted molar refractivity (Wildman–Crippen MR) is 116 cm³/mol. The molecule has 0 aliphatic carbocycles. The van der Waals surface area contributed by atoms with Crippen LogP contribution >= 0.6 is 55.4 Å². The summed E-state index contributed by atoms with van der Waals surface area (Å²) in [5.74, 6) is 1.07. The molecule has 0 spiro atoms. The molecule has 0 fully saturated rings. The number of fused-ring (bicyclic) bond motifs is 1. The van der Waals surface area contributed by atoms with Crippen molar-refractivity contribution in [2.45, 2.75) is 10.3 Å². The van der Waals surface area contributed by atoms with E-state index in [2.05, 4.69) is 42.1 Å². The lowest BCUT2D eigenvalue weighted by atomic mass is 10.1. The van der Waals surface area contributed by atoms with Gasteiger partial charge in [0.05, 0.1) is 11.5 Å². The van der Waals surface area contributed by atoms with Crippen LogP contribution in [0.25, 0.3) is 0 Å². The molecule has 1 aliphatic rings. The van der Waals surface area contributed by atoms with Gasteiger partial charge in [0, 0.05) is 20.3 Å². The van der Waals surface area contributed by atoms with E-state index in [1.165, 1.54) is 11.8 Å². The molecular formula is C18H12Br2N4OS2. The fourth-order valence-corrected chi connectivity index (χ4v) is 4.63. The summed E-state index contributed by atoms with van der Waals surface area (Å²) in [7, 11) is 0. The van der Waals surface area contributed by atoms with Crippen molar-refractivity contribution in [1.29, 1.82) is 0 Å². The molecule has 2 aromatic carbocycles. The molecule has 1 aromatic heterocycles. The molecule has 0 radical (unpaired) electrons. The summed E-state index contributed by atoms with van der Waals surface area (Å²) >= 11 is 9.77. The van der Waals surface area contributed by atoms with Gasteiger partial charge in [0.15, 0.2) is 5.78 Å². The fraction of sp³-hybridized carbons (Fsp3) is 0.111. The van der Waals surface area contributed by atoms with Crippen LogP contribution in [0.15, 0.2) is 72.9 Å². The second-order valence-corrected chi connectivity index (χ2v) is 9.35. The summed E-state index contributed by atoms with van der Waals surface area (Å²) in [6, 6.07) is 15.4. The first-order valence-corrected chi connectivity index (χ1v) is 11.5. The Labute approximate surface area is 181 Å². The Kier molecular flexibility index (Phi) is 5.82. The number of hydrogen-bond donors (Lipinski definition) is 0. The van der Waals surface area contributed by atoms with Crippen molar-refractivity contribution in [3.63, 3.8) is 0 Å². The fourth-order valence-electron chi connectivity index (χ4n) is 2.43. The van der Waals surface area contributed by atoms with Crippen LogP contribution < -0.4 is 0 Å². The lowest BCUT2D eigenvalue weighted by Gasteiger charge is -2.13. The number of thioether (sulfide) groups is 2. The Balaban J connectivity index is 1.52. The Morgan fingerprint density at radius 3 is 2.41 bits per heavy atom. The van der Waals surface area contributed by atoms with Gasteiger partial charge in [0.1, 0.15) is 0 Å². The van der Waals surface area contributed by atoms with Crippen molar-refractivity contribution in [2.75, 3.05) is 11.5 Å². The first kappa shape index (κ1) is 18.9. The normalized spacial score (nSPS) is 13.2. The van der Waals surface area contributed by atoms with E-state index in [-0.39, 0.29) is 11.5 Å². The second-order valence-electron chi connectivity index (χ2n) is 5.64. The van der Waals surface area contributed by atoms with Gasteiger partial charge < -0.3 is 0 Å². The topological polar surface area (TPSA) is 60.1 Å². The van der Waals surface area contributed by atoms with Crippen molar-refractivity contribution in [2.24, 2.45) is 5.10 Å². The molecule has 9 heteroatoms. The maximum atomic E-state index is 12.4. The van der Waals surface area contributed by atoms with E-state index in [1.54, 1.807) is 16.4 Å². The van der Waals surface area contributed by atoms with E-state index in [4.69, 9.17) is 5.10 Å². The Morgan fingerprint density at radius 2 is 1.70 bits per heavy atom. The van der Waals surface area contributed by atoms with Crippen LogP contribution in [0.1, 0.15) is 15.9 Å². The molecule has 4 rings (SSSR count). The lowest BCUT2D eigenvalue weighted by molar-refractivity contribution is 0.102. The van der Waals surface area contributed by atoms with Gasteiger partial charge in [-0.3, -0.25) is 4.79 Å². The quantitative estimate of drug-likeness (QED) is 0.342. The molecule has 0 saturated carbocycles. The number of halogens is 2. The third kappa shape index (κ3) is 4.37. The number of rotatable bonds is 5. The van der Waals surface area contributed by atoms with Crippen molar-refractivity contribution in [3.8, 4) is 0 Å². The number of carbonyl (C=O) groups excluding carboxylic acids is 1. The van der Waals surface area contributed by atoms with Gasteiger partial charge in [-0.2, -0.15) is 9.78 Å². The molecule has 27 heavy (non-hydrogen) atoms. The molecule has 0 N–H and O–H groups in total. The summed E-state index contributed by atoms with van der Waals surface area (Å²) in [5.41, 5.74) is 2.70. The van der Waals surface area contributed by atoms with E-state index in [0.29, 0.717) is 10.7 Å². The van der Waals surface area contributed by atoms with Crippen LogP contribution in [0.4, 0.5) is 0 Å². The highest BCUT2D eigenvalue weighted by Gasteiger charge is 2.21. The Bertz CT molecular complexity index is 1020. The third-order valence-corrected chi connectivity index (χ3v) is 6.73. The summed E-state index contributed by atoms with van der Waals surface area (Å²) in [6.45, 7) is 0. The van der Waals surface area contributed by atoms with Crippen LogP contribution in [-0.4, -0.2) is 37.9 Å². The third-order valence-electron chi connectivity index (χ3n) is 3.82. The molecule has 1 aliphatic heterocycles. The predicted octanol–water partition coefficient (Wildman–Crippen LogP) is 5.14. The monoisotopic (exact) mass is 522 g/mol. The van der Waals surface area contributed by atoms with Gasteiger partial charge in [-0.1, -0.05) is 79.6 Å². The molecular weight excluding hydrogens is 512 g/mol. The molecule has 0 bridgehead atoms. The van der Waals surface area contributed by atoms with E-state index >= 15 is 0 Å². The van der Waals surface area contributed by atoms with Crippen LogP contribution in [0, 0.1) is 0 Å². The summed E-state index contributed by atoms with van der Waals surface area (Å²) < 4.78 is 3.71. The molecule has 0 atom stereocenters. The maximum Gasteiger partial charge on any atom is 0.213 e. The van der Waals surface area contributed by atoms with Crippen LogP contribution in [-0.2, 0) is 0 Å². The van der Waals surface area contributed by atoms with Gasteiger partial charge in [0.25, 0.3) is 0 Å². The zero-order valence-corrected chi connectivity index (χ0v) is 18.6. The van der Waals surface area contributed by atoms with Crippen molar-refractivity contribution >= 4 is 66.9 Å². The SMILES string of the molecule is O=C(CSc1nnc2n1N=C(c1ccc(Br)cc1)CS2)c1ccc(Br)cc1. The van der Waals surface area contributed by atoms with E-state index in [0.717, 1.165) is 31.1 Å². The second kappa shape index (κ2) is 8.30. The Morgan fingerprint density at radius 1 is 1.04 bits per heavy atom. The molecule has 0 saturated heterocycles. The minimum atomic E-state index is 0.0467. The van der Waals surface area contributed by atoms with Crippen LogP contribution in [0.2, 0.25) is 0 Å².